The Morgan fingerprint density at radius 1 is 1.19 bits per heavy atom. The lowest BCUT2D eigenvalue weighted by Gasteiger charge is -2.11. The highest BCUT2D eigenvalue weighted by Crippen LogP contribution is 2.19. The molecule has 0 unspecified atom stereocenters. The number of hydrogen-bond acceptors (Lipinski definition) is 4. The number of nitrogens with one attached hydrogen (secondary N) is 2. The third-order valence-electron chi connectivity index (χ3n) is 3.91. The van der Waals surface area contributed by atoms with Gasteiger partial charge in [-0.2, -0.15) is 0 Å². The van der Waals surface area contributed by atoms with Crippen LogP contribution in [0.25, 0.3) is 0 Å². The Hall–Kier alpha value is -1.35. The quantitative estimate of drug-likeness (QED) is 0.306. The minimum absolute atomic E-state index is 0. The number of halogens is 1. The average Bonchev–Trinajstić information content (AvgIpc) is 3.11. The van der Waals surface area contributed by atoms with Gasteiger partial charge in [0.25, 0.3) is 0 Å². The van der Waals surface area contributed by atoms with Crippen LogP contribution >= 0.6 is 35.3 Å². The van der Waals surface area contributed by atoms with E-state index in [1.54, 1.807) is 18.4 Å². The maximum Gasteiger partial charge on any atom is 0.191 e. The first-order chi connectivity index (χ1) is 12.6. The summed E-state index contributed by atoms with van der Waals surface area (Å²) in [6.45, 7) is 8.86. The minimum Gasteiger partial charge on any atom is -0.497 e. The van der Waals surface area contributed by atoms with Gasteiger partial charge in [-0.1, -0.05) is 26.0 Å². The standard InChI is InChI=1S/C20H30N4OS.HI/c1-5-21-20(22-12-10-16-6-8-18(25-4)9-7-16)23-13-11-17-14-26-19(24-17)15(2)3;/h6-9,14-15H,5,10-13H2,1-4H3,(H2,21,22,23);1H. The second kappa shape index (κ2) is 12.9. The first-order valence-corrected chi connectivity index (χ1v) is 10.1. The third kappa shape index (κ3) is 8.47. The molecule has 0 amide bonds. The summed E-state index contributed by atoms with van der Waals surface area (Å²) < 4.78 is 5.19. The van der Waals surface area contributed by atoms with Crippen LogP contribution in [0.4, 0.5) is 0 Å². The molecular formula is C20H31IN4OS. The first kappa shape index (κ1) is 23.7. The van der Waals surface area contributed by atoms with E-state index >= 15 is 0 Å². The Labute approximate surface area is 184 Å². The van der Waals surface area contributed by atoms with Crippen LogP contribution in [0.15, 0.2) is 34.6 Å². The molecule has 1 aromatic heterocycles. The van der Waals surface area contributed by atoms with Gasteiger partial charge in [0.1, 0.15) is 5.75 Å². The number of nitrogens with zero attached hydrogens (tertiary/aromatic N) is 2. The van der Waals surface area contributed by atoms with Gasteiger partial charge in [0.2, 0.25) is 0 Å². The summed E-state index contributed by atoms with van der Waals surface area (Å²) in [5.74, 6) is 2.24. The number of rotatable bonds is 9. The molecule has 0 aliphatic carbocycles. The third-order valence-corrected chi connectivity index (χ3v) is 5.10. The van der Waals surface area contributed by atoms with E-state index in [0.717, 1.165) is 49.9 Å². The van der Waals surface area contributed by atoms with Crippen LogP contribution in [0.3, 0.4) is 0 Å². The summed E-state index contributed by atoms with van der Waals surface area (Å²) >= 11 is 1.74. The van der Waals surface area contributed by atoms with Crippen molar-refractivity contribution in [2.45, 2.75) is 39.5 Å². The Morgan fingerprint density at radius 3 is 2.52 bits per heavy atom. The fourth-order valence-electron chi connectivity index (χ4n) is 2.44. The molecule has 0 radical (unpaired) electrons. The molecule has 1 heterocycles. The van der Waals surface area contributed by atoms with E-state index in [4.69, 9.17) is 4.74 Å². The van der Waals surface area contributed by atoms with Gasteiger partial charge in [-0.15, -0.1) is 35.3 Å². The molecule has 1 aromatic carbocycles. The predicted octanol–water partition coefficient (Wildman–Crippen LogP) is 4.23. The van der Waals surface area contributed by atoms with Crippen molar-refractivity contribution in [2.24, 2.45) is 4.99 Å². The van der Waals surface area contributed by atoms with Crippen molar-refractivity contribution < 1.29 is 4.74 Å². The van der Waals surface area contributed by atoms with Crippen molar-refractivity contribution in [2.75, 3.05) is 26.7 Å². The minimum atomic E-state index is 0. The SMILES string of the molecule is CCNC(=NCCc1csc(C(C)C)n1)NCCc1ccc(OC)cc1.I. The van der Waals surface area contributed by atoms with Gasteiger partial charge in [-0.3, -0.25) is 4.99 Å². The van der Waals surface area contributed by atoms with Crippen molar-refractivity contribution in [3.8, 4) is 5.75 Å². The first-order valence-electron chi connectivity index (χ1n) is 9.21. The molecule has 7 heteroatoms. The Balaban J connectivity index is 0.00000364. The molecule has 0 fully saturated rings. The van der Waals surface area contributed by atoms with E-state index in [-0.39, 0.29) is 24.0 Å². The lowest BCUT2D eigenvalue weighted by molar-refractivity contribution is 0.414. The van der Waals surface area contributed by atoms with Crippen LogP contribution in [-0.2, 0) is 12.8 Å². The normalized spacial score (nSPS) is 11.2. The number of aliphatic imine (C=N–C) groups is 1. The Kier molecular flexibility index (Phi) is 11.3. The number of thiazole rings is 1. The van der Waals surface area contributed by atoms with E-state index in [0.29, 0.717) is 5.92 Å². The highest BCUT2D eigenvalue weighted by atomic mass is 127. The van der Waals surface area contributed by atoms with Crippen LogP contribution in [0.2, 0.25) is 0 Å². The number of hydrogen-bond donors (Lipinski definition) is 2. The van der Waals surface area contributed by atoms with Crippen molar-refractivity contribution in [3.05, 3.63) is 45.9 Å². The summed E-state index contributed by atoms with van der Waals surface area (Å²) in [5.41, 5.74) is 2.41. The lowest BCUT2D eigenvalue weighted by atomic mass is 10.1. The molecule has 0 saturated carbocycles. The van der Waals surface area contributed by atoms with Crippen molar-refractivity contribution in [1.82, 2.24) is 15.6 Å². The van der Waals surface area contributed by atoms with Crippen LogP contribution < -0.4 is 15.4 Å². The zero-order valence-electron chi connectivity index (χ0n) is 16.6. The van der Waals surface area contributed by atoms with Gasteiger partial charge in [0.15, 0.2) is 5.96 Å². The molecule has 5 nitrogen and oxygen atoms in total. The Morgan fingerprint density at radius 2 is 1.93 bits per heavy atom. The molecule has 0 aliphatic rings. The zero-order valence-corrected chi connectivity index (χ0v) is 19.8. The molecule has 2 N–H and O–H groups in total. The highest BCUT2D eigenvalue weighted by Gasteiger charge is 2.05. The molecule has 0 bridgehead atoms. The summed E-state index contributed by atoms with van der Waals surface area (Å²) in [6.07, 6.45) is 1.82. The summed E-state index contributed by atoms with van der Waals surface area (Å²) in [4.78, 5) is 9.33. The molecule has 0 spiro atoms. The maximum atomic E-state index is 5.19. The van der Waals surface area contributed by atoms with Crippen LogP contribution in [0.5, 0.6) is 5.75 Å². The van der Waals surface area contributed by atoms with Gasteiger partial charge in [0, 0.05) is 37.4 Å². The number of ether oxygens (including phenoxy) is 1. The number of aromatic nitrogens is 1. The van der Waals surface area contributed by atoms with Crippen LogP contribution in [0, 0.1) is 0 Å². The summed E-state index contributed by atoms with van der Waals surface area (Å²) in [6, 6.07) is 8.18. The van der Waals surface area contributed by atoms with E-state index in [1.165, 1.54) is 10.6 Å². The van der Waals surface area contributed by atoms with Crippen LogP contribution in [-0.4, -0.2) is 37.7 Å². The zero-order chi connectivity index (χ0) is 18.8. The van der Waals surface area contributed by atoms with E-state index in [9.17, 15) is 0 Å². The predicted molar refractivity (Wildman–Crippen MR) is 126 cm³/mol. The fraction of sp³-hybridized carbons (Fsp3) is 0.500. The monoisotopic (exact) mass is 502 g/mol. The molecule has 150 valence electrons. The molecule has 0 atom stereocenters. The second-order valence-corrected chi connectivity index (χ2v) is 7.26. The summed E-state index contributed by atoms with van der Waals surface area (Å²) in [7, 11) is 1.69. The largest absolute Gasteiger partial charge is 0.497 e. The second-order valence-electron chi connectivity index (χ2n) is 6.37. The van der Waals surface area contributed by atoms with E-state index < -0.39 is 0 Å². The number of methoxy groups -OCH3 is 1. The van der Waals surface area contributed by atoms with Gasteiger partial charge < -0.3 is 15.4 Å². The molecule has 0 saturated heterocycles. The van der Waals surface area contributed by atoms with Gasteiger partial charge in [-0.05, 0) is 31.0 Å². The topological polar surface area (TPSA) is 58.5 Å². The summed E-state index contributed by atoms with van der Waals surface area (Å²) in [5, 5.41) is 10.0. The molecule has 2 rings (SSSR count). The van der Waals surface area contributed by atoms with Gasteiger partial charge in [0.05, 0.1) is 17.8 Å². The molecular weight excluding hydrogens is 471 g/mol. The average molecular weight is 502 g/mol. The van der Waals surface area contributed by atoms with Gasteiger partial charge >= 0.3 is 0 Å². The fourth-order valence-corrected chi connectivity index (χ4v) is 3.31. The van der Waals surface area contributed by atoms with E-state index in [2.05, 4.69) is 58.9 Å². The van der Waals surface area contributed by atoms with E-state index in [1.807, 2.05) is 12.1 Å². The van der Waals surface area contributed by atoms with Crippen molar-refractivity contribution in [3.63, 3.8) is 0 Å². The van der Waals surface area contributed by atoms with Crippen molar-refractivity contribution >= 4 is 41.3 Å². The lowest BCUT2D eigenvalue weighted by Crippen LogP contribution is -2.38. The van der Waals surface area contributed by atoms with Crippen LogP contribution in [0.1, 0.15) is 43.0 Å². The van der Waals surface area contributed by atoms with Crippen molar-refractivity contribution in [1.29, 1.82) is 0 Å². The smallest absolute Gasteiger partial charge is 0.191 e. The molecule has 0 aliphatic heterocycles. The Bertz CT molecular complexity index is 686. The number of benzene rings is 1. The van der Waals surface area contributed by atoms with Gasteiger partial charge in [-0.25, -0.2) is 4.98 Å². The molecule has 2 aromatic rings. The number of guanidine groups is 1. The molecule has 27 heavy (non-hydrogen) atoms. The maximum absolute atomic E-state index is 5.19. The highest BCUT2D eigenvalue weighted by molar-refractivity contribution is 14.0.